The topological polar surface area (TPSA) is 91.8 Å². The highest BCUT2D eigenvalue weighted by Gasteiger charge is 2.45. The summed E-state index contributed by atoms with van der Waals surface area (Å²) >= 11 is 1.48. The lowest BCUT2D eigenvalue weighted by Gasteiger charge is -2.53. The van der Waals surface area contributed by atoms with Gasteiger partial charge in [0.25, 0.3) is 11.8 Å². The number of hydrogen-bond donors (Lipinski definition) is 1. The molecule has 9 heteroatoms. The average Bonchev–Trinajstić information content (AvgIpc) is 3.53. The van der Waals surface area contributed by atoms with E-state index in [9.17, 15) is 14.4 Å². The summed E-state index contributed by atoms with van der Waals surface area (Å²) in [5.41, 5.74) is 6.39. The number of amides is 2. The van der Waals surface area contributed by atoms with E-state index < -0.39 is 0 Å². The molecule has 0 saturated carbocycles. The van der Waals surface area contributed by atoms with Crippen LogP contribution < -0.4 is 15.1 Å². The Balaban J connectivity index is 0.958. The SMILES string of the molecule is C#Cc1ccc(CC(=O)c2cc3c(s2)-c2ccccc2N(C(=O)c2ccc(NC(=O)c4cccnc4N4CC5(CCOCC5)C4)cc2)CC3)cc1. The van der Waals surface area contributed by atoms with Crippen molar-refractivity contribution in [2.75, 3.05) is 48.0 Å². The Morgan fingerprint density at radius 3 is 2.47 bits per heavy atom. The molecule has 2 fully saturated rings. The molecule has 1 N–H and O–H groups in total. The second-order valence-corrected chi connectivity index (χ2v) is 14.6. The number of carbonyl (C=O) groups excluding carboxylic acids is 3. The number of thiophene rings is 1. The van der Waals surface area contributed by atoms with Crippen molar-refractivity contribution in [1.82, 2.24) is 4.98 Å². The number of para-hydroxylation sites is 1. The molecule has 2 saturated heterocycles. The number of ether oxygens (including phenoxy) is 1. The molecule has 254 valence electrons. The molecule has 0 aliphatic carbocycles. The van der Waals surface area contributed by atoms with Gasteiger partial charge in [0.2, 0.25) is 0 Å². The van der Waals surface area contributed by atoms with E-state index in [0.717, 1.165) is 72.0 Å². The molecule has 3 aliphatic heterocycles. The van der Waals surface area contributed by atoms with Gasteiger partial charge in [-0.2, -0.15) is 0 Å². The predicted molar refractivity (Wildman–Crippen MR) is 201 cm³/mol. The van der Waals surface area contributed by atoms with E-state index in [1.54, 1.807) is 42.6 Å². The molecule has 3 aromatic carbocycles. The minimum Gasteiger partial charge on any atom is -0.381 e. The molecule has 5 aromatic rings. The van der Waals surface area contributed by atoms with Crippen LogP contribution in [0.2, 0.25) is 0 Å². The number of anilines is 3. The summed E-state index contributed by atoms with van der Waals surface area (Å²) in [4.78, 5) is 51.0. The summed E-state index contributed by atoms with van der Waals surface area (Å²) in [6.45, 7) is 3.79. The van der Waals surface area contributed by atoms with Gasteiger partial charge in [0.15, 0.2) is 5.78 Å². The molecule has 3 aliphatic rings. The quantitative estimate of drug-likeness (QED) is 0.142. The van der Waals surface area contributed by atoms with Gasteiger partial charge < -0.3 is 19.9 Å². The fourth-order valence-corrected chi connectivity index (χ4v) is 8.53. The fourth-order valence-electron chi connectivity index (χ4n) is 7.35. The van der Waals surface area contributed by atoms with Crippen LogP contribution in [0.1, 0.15) is 59.9 Å². The third-order valence-corrected chi connectivity index (χ3v) is 11.4. The van der Waals surface area contributed by atoms with Crippen molar-refractivity contribution in [3.8, 4) is 22.8 Å². The molecule has 0 unspecified atom stereocenters. The van der Waals surface area contributed by atoms with Gasteiger partial charge in [-0.15, -0.1) is 17.8 Å². The first kappa shape index (κ1) is 32.6. The number of rotatable bonds is 7. The van der Waals surface area contributed by atoms with Crippen molar-refractivity contribution in [2.45, 2.75) is 25.7 Å². The van der Waals surface area contributed by atoms with Gasteiger partial charge in [-0.05, 0) is 91.1 Å². The first-order valence-corrected chi connectivity index (χ1v) is 18.0. The number of carbonyl (C=O) groups is 3. The Hall–Kier alpha value is -5.56. The van der Waals surface area contributed by atoms with Crippen LogP contribution in [0.25, 0.3) is 10.4 Å². The molecular formula is C42H36N4O4S. The summed E-state index contributed by atoms with van der Waals surface area (Å²) < 4.78 is 5.55. The monoisotopic (exact) mass is 692 g/mol. The van der Waals surface area contributed by atoms with Crippen LogP contribution in [0.4, 0.5) is 17.2 Å². The van der Waals surface area contributed by atoms with Gasteiger partial charge in [0, 0.05) is 78.1 Å². The van der Waals surface area contributed by atoms with E-state index in [0.29, 0.717) is 46.9 Å². The largest absolute Gasteiger partial charge is 0.381 e. The van der Waals surface area contributed by atoms with Crippen LogP contribution in [0.15, 0.2) is 97.2 Å². The molecule has 8 nitrogen and oxygen atoms in total. The highest BCUT2D eigenvalue weighted by atomic mass is 32.1. The smallest absolute Gasteiger partial charge is 0.259 e. The van der Waals surface area contributed by atoms with Crippen molar-refractivity contribution in [3.05, 3.63) is 130 Å². The Kier molecular flexibility index (Phi) is 8.72. The highest BCUT2D eigenvalue weighted by molar-refractivity contribution is 7.17. The van der Waals surface area contributed by atoms with Crippen LogP contribution in [0, 0.1) is 17.8 Å². The number of ketones is 1. The highest BCUT2D eigenvalue weighted by Crippen LogP contribution is 2.43. The number of fused-ring (bicyclic) bond motifs is 3. The zero-order valence-electron chi connectivity index (χ0n) is 28.1. The van der Waals surface area contributed by atoms with Crippen molar-refractivity contribution in [3.63, 3.8) is 0 Å². The summed E-state index contributed by atoms with van der Waals surface area (Å²) in [7, 11) is 0. The Morgan fingerprint density at radius 1 is 0.941 bits per heavy atom. The second kappa shape index (κ2) is 13.6. The molecule has 51 heavy (non-hydrogen) atoms. The second-order valence-electron chi connectivity index (χ2n) is 13.5. The number of aromatic nitrogens is 1. The van der Waals surface area contributed by atoms with Crippen LogP contribution in [-0.2, 0) is 17.6 Å². The Labute approximate surface area is 301 Å². The average molecular weight is 693 g/mol. The van der Waals surface area contributed by atoms with Gasteiger partial charge in [0.1, 0.15) is 5.82 Å². The number of nitrogens with zero attached hydrogens (tertiary/aromatic N) is 3. The number of Topliss-reactive ketones (excluding diaryl/α,β-unsaturated/α-hetero) is 1. The van der Waals surface area contributed by atoms with Crippen molar-refractivity contribution >= 4 is 46.1 Å². The lowest BCUT2D eigenvalue weighted by molar-refractivity contribution is -0.000510. The molecule has 0 radical (unpaired) electrons. The first-order valence-electron chi connectivity index (χ1n) is 17.2. The van der Waals surface area contributed by atoms with E-state index in [1.165, 1.54) is 11.3 Å². The summed E-state index contributed by atoms with van der Waals surface area (Å²) in [5.74, 6) is 2.99. The maximum atomic E-state index is 14.0. The van der Waals surface area contributed by atoms with E-state index in [4.69, 9.17) is 11.2 Å². The lowest BCUT2D eigenvalue weighted by Crippen LogP contribution is -2.59. The number of terminal acetylenes is 1. The van der Waals surface area contributed by atoms with Crippen LogP contribution in [0.5, 0.6) is 0 Å². The molecule has 1 spiro atoms. The minimum absolute atomic E-state index is 0.0581. The van der Waals surface area contributed by atoms with Gasteiger partial charge in [-0.3, -0.25) is 14.4 Å². The van der Waals surface area contributed by atoms with Crippen molar-refractivity contribution < 1.29 is 19.1 Å². The van der Waals surface area contributed by atoms with Crippen LogP contribution in [0.3, 0.4) is 0 Å². The van der Waals surface area contributed by atoms with Crippen molar-refractivity contribution in [1.29, 1.82) is 0 Å². The standard InChI is InChI=1S/C42H36N4O4S/c1-2-28-9-11-29(12-10-28)24-36(47)37-25-31-17-21-46(35-8-4-3-6-33(35)38(31)51-37)41(49)30-13-15-32(16-14-30)44-40(48)34-7-5-20-43-39(34)45-26-42(27-45)18-22-50-23-19-42/h1,3-16,20,25H,17-19,21-24,26-27H2,(H,44,48). The first-order chi connectivity index (χ1) is 24.9. The fraction of sp³-hybridized carbons (Fsp3) is 0.238. The van der Waals surface area contributed by atoms with Gasteiger partial charge in [-0.1, -0.05) is 36.3 Å². The summed E-state index contributed by atoms with van der Waals surface area (Å²) in [6, 6.07) is 28.0. The Bertz CT molecular complexity index is 2170. The van der Waals surface area contributed by atoms with E-state index in [2.05, 4.69) is 21.1 Å². The van der Waals surface area contributed by atoms with Crippen LogP contribution >= 0.6 is 11.3 Å². The molecule has 0 bridgehead atoms. The number of hydrogen-bond acceptors (Lipinski definition) is 7. The van der Waals surface area contributed by atoms with Gasteiger partial charge >= 0.3 is 0 Å². The maximum absolute atomic E-state index is 14.0. The molecular weight excluding hydrogens is 657 g/mol. The van der Waals surface area contributed by atoms with E-state index >= 15 is 0 Å². The third-order valence-electron chi connectivity index (χ3n) is 10.2. The lowest BCUT2D eigenvalue weighted by atomic mass is 9.73. The van der Waals surface area contributed by atoms with E-state index in [1.807, 2.05) is 59.5 Å². The Morgan fingerprint density at radius 2 is 1.71 bits per heavy atom. The van der Waals surface area contributed by atoms with E-state index in [-0.39, 0.29) is 23.0 Å². The zero-order chi connectivity index (χ0) is 35.0. The molecule has 2 aromatic heterocycles. The third kappa shape index (κ3) is 6.45. The maximum Gasteiger partial charge on any atom is 0.259 e. The predicted octanol–water partition coefficient (Wildman–Crippen LogP) is 7.29. The van der Waals surface area contributed by atoms with Crippen LogP contribution in [-0.4, -0.2) is 55.4 Å². The molecule has 5 heterocycles. The number of nitrogens with one attached hydrogen (secondary N) is 1. The minimum atomic E-state index is -0.239. The normalized spacial score (nSPS) is 15.9. The van der Waals surface area contributed by atoms with Gasteiger partial charge in [0.05, 0.1) is 16.1 Å². The molecule has 2 amide bonds. The number of pyridine rings is 1. The zero-order valence-corrected chi connectivity index (χ0v) is 28.9. The van der Waals surface area contributed by atoms with Crippen molar-refractivity contribution in [2.24, 2.45) is 5.41 Å². The summed E-state index contributed by atoms with van der Waals surface area (Å²) in [5, 5.41) is 3.00. The summed E-state index contributed by atoms with van der Waals surface area (Å²) in [6.07, 6.45) is 10.2. The molecule has 0 atom stereocenters. The number of benzene rings is 3. The van der Waals surface area contributed by atoms with Gasteiger partial charge in [-0.25, -0.2) is 4.98 Å². The molecule has 8 rings (SSSR count).